The molecule has 0 spiro atoms. The fraction of sp³-hybridized carbons (Fsp3) is 0.750. The van der Waals surface area contributed by atoms with Crippen molar-refractivity contribution in [1.29, 1.82) is 0 Å². The molecule has 0 aromatic carbocycles. The first-order valence-corrected chi connectivity index (χ1v) is 5.16. The molecular weight excluding hydrogens is 174 g/mol. The Kier molecular flexibility index (Phi) is 4.53. The number of hydrogen-bond acceptors (Lipinski definition) is 2. The predicted octanol–water partition coefficient (Wildman–Crippen LogP) is 2.68. The largest absolute Gasteiger partial charge is 0.325 e. The first kappa shape index (κ1) is 13.4. The lowest BCUT2D eigenvalue weighted by Gasteiger charge is -2.37. The first-order valence-electron chi connectivity index (χ1n) is 5.16. The molecule has 0 aromatic rings. The number of unbranched alkanes of at least 4 members (excludes halogenated alkanes) is 1. The molecule has 0 unspecified atom stereocenters. The van der Waals surface area contributed by atoms with Crippen molar-refractivity contribution in [2.45, 2.75) is 52.5 Å². The molecule has 2 nitrogen and oxygen atoms in total. The standard InChI is InChI=1S/C12H23NO/c1-6-7-8-9-10(14)11(2,3)12(4,5)13/h6H,1,7-9,13H2,2-5H3. The van der Waals surface area contributed by atoms with Crippen LogP contribution in [0.5, 0.6) is 0 Å². The second-order valence-electron chi connectivity index (χ2n) is 4.95. The highest BCUT2D eigenvalue weighted by Crippen LogP contribution is 2.30. The van der Waals surface area contributed by atoms with Gasteiger partial charge in [0.15, 0.2) is 0 Å². The number of hydrogen-bond donors (Lipinski definition) is 1. The van der Waals surface area contributed by atoms with Gasteiger partial charge in [0.1, 0.15) is 5.78 Å². The Bertz CT molecular complexity index is 211. The molecule has 0 amide bonds. The van der Waals surface area contributed by atoms with Crippen molar-refractivity contribution in [2.75, 3.05) is 0 Å². The quantitative estimate of drug-likeness (QED) is 0.525. The number of ketones is 1. The molecule has 0 aliphatic carbocycles. The summed E-state index contributed by atoms with van der Waals surface area (Å²) in [5, 5.41) is 0. The van der Waals surface area contributed by atoms with Gasteiger partial charge >= 0.3 is 0 Å². The summed E-state index contributed by atoms with van der Waals surface area (Å²) >= 11 is 0. The zero-order valence-electron chi connectivity index (χ0n) is 9.89. The number of carbonyl (C=O) groups excluding carboxylic acids is 1. The highest BCUT2D eigenvalue weighted by atomic mass is 16.1. The van der Waals surface area contributed by atoms with Crippen molar-refractivity contribution in [2.24, 2.45) is 11.1 Å². The molecular formula is C12H23NO. The molecule has 14 heavy (non-hydrogen) atoms. The van der Waals surface area contributed by atoms with Gasteiger partial charge in [-0.05, 0) is 26.7 Å². The topological polar surface area (TPSA) is 43.1 Å². The van der Waals surface area contributed by atoms with Gasteiger partial charge in [0, 0.05) is 17.4 Å². The summed E-state index contributed by atoms with van der Waals surface area (Å²) in [6, 6.07) is 0. The van der Waals surface area contributed by atoms with Crippen LogP contribution >= 0.6 is 0 Å². The Morgan fingerprint density at radius 2 is 1.86 bits per heavy atom. The van der Waals surface area contributed by atoms with Crippen LogP contribution in [-0.4, -0.2) is 11.3 Å². The molecule has 0 heterocycles. The third-order valence-corrected chi connectivity index (χ3v) is 3.12. The van der Waals surface area contributed by atoms with Crippen LogP contribution in [0.3, 0.4) is 0 Å². The molecule has 0 fully saturated rings. The predicted molar refractivity (Wildman–Crippen MR) is 61.1 cm³/mol. The second kappa shape index (κ2) is 4.74. The van der Waals surface area contributed by atoms with Crippen LogP contribution in [0.1, 0.15) is 47.0 Å². The van der Waals surface area contributed by atoms with Crippen molar-refractivity contribution < 1.29 is 4.79 Å². The van der Waals surface area contributed by atoms with Gasteiger partial charge in [-0.2, -0.15) is 0 Å². The Labute approximate surface area is 87.6 Å². The van der Waals surface area contributed by atoms with Crippen molar-refractivity contribution in [3.63, 3.8) is 0 Å². The molecule has 0 aliphatic rings. The maximum absolute atomic E-state index is 11.9. The van der Waals surface area contributed by atoms with E-state index in [9.17, 15) is 4.79 Å². The molecule has 0 aliphatic heterocycles. The van der Waals surface area contributed by atoms with Gasteiger partial charge in [-0.3, -0.25) is 4.79 Å². The lowest BCUT2D eigenvalue weighted by atomic mass is 9.71. The molecule has 0 rings (SSSR count). The average Bonchev–Trinajstić information content (AvgIpc) is 2.02. The summed E-state index contributed by atoms with van der Waals surface area (Å²) in [5.74, 6) is 0.242. The maximum atomic E-state index is 11.9. The molecule has 0 saturated heterocycles. The normalized spacial score (nSPS) is 12.6. The Morgan fingerprint density at radius 3 is 2.21 bits per heavy atom. The molecule has 0 saturated carbocycles. The minimum absolute atomic E-state index is 0.242. The second-order valence-corrected chi connectivity index (χ2v) is 4.95. The minimum atomic E-state index is -0.460. The van der Waals surface area contributed by atoms with E-state index in [4.69, 9.17) is 5.73 Å². The van der Waals surface area contributed by atoms with Crippen LogP contribution in [0.2, 0.25) is 0 Å². The fourth-order valence-corrected chi connectivity index (χ4v) is 1.08. The molecule has 82 valence electrons. The van der Waals surface area contributed by atoms with Crippen LogP contribution in [0.25, 0.3) is 0 Å². The highest BCUT2D eigenvalue weighted by molar-refractivity contribution is 5.85. The molecule has 2 heteroatoms. The maximum Gasteiger partial charge on any atom is 0.140 e. The lowest BCUT2D eigenvalue weighted by molar-refractivity contribution is -0.130. The lowest BCUT2D eigenvalue weighted by Crippen LogP contribution is -2.51. The summed E-state index contributed by atoms with van der Waals surface area (Å²) in [5.41, 5.74) is 5.07. The van der Waals surface area contributed by atoms with Crippen molar-refractivity contribution in [3.8, 4) is 0 Å². The van der Waals surface area contributed by atoms with E-state index in [-0.39, 0.29) is 5.78 Å². The summed E-state index contributed by atoms with van der Waals surface area (Å²) < 4.78 is 0. The van der Waals surface area contributed by atoms with E-state index in [1.54, 1.807) is 0 Å². The van der Waals surface area contributed by atoms with Gasteiger partial charge in [-0.1, -0.05) is 19.9 Å². The van der Waals surface area contributed by atoms with Crippen molar-refractivity contribution in [3.05, 3.63) is 12.7 Å². The van der Waals surface area contributed by atoms with Gasteiger partial charge in [0.05, 0.1) is 0 Å². The van der Waals surface area contributed by atoms with Gasteiger partial charge in [0.2, 0.25) is 0 Å². The molecule has 2 N–H and O–H groups in total. The molecule has 0 bridgehead atoms. The van der Waals surface area contributed by atoms with E-state index >= 15 is 0 Å². The fourth-order valence-electron chi connectivity index (χ4n) is 1.08. The van der Waals surface area contributed by atoms with Gasteiger partial charge in [0.25, 0.3) is 0 Å². The zero-order chi connectivity index (χ0) is 11.4. The number of rotatable bonds is 6. The number of allylic oxidation sites excluding steroid dienone is 1. The van der Waals surface area contributed by atoms with Crippen LogP contribution in [0.4, 0.5) is 0 Å². The van der Waals surface area contributed by atoms with E-state index in [0.717, 1.165) is 12.8 Å². The van der Waals surface area contributed by atoms with Crippen molar-refractivity contribution >= 4 is 5.78 Å². The SMILES string of the molecule is C=CCCCC(=O)C(C)(C)C(C)(C)N. The summed E-state index contributed by atoms with van der Waals surface area (Å²) in [4.78, 5) is 11.9. The highest BCUT2D eigenvalue weighted by Gasteiger charge is 2.39. The van der Waals surface area contributed by atoms with Gasteiger partial charge in [-0.25, -0.2) is 0 Å². The summed E-state index contributed by atoms with van der Waals surface area (Å²) in [6.07, 6.45) is 4.21. The monoisotopic (exact) mass is 197 g/mol. The van der Waals surface area contributed by atoms with Crippen LogP contribution in [0, 0.1) is 5.41 Å². The Hall–Kier alpha value is -0.630. The average molecular weight is 197 g/mol. The summed E-state index contributed by atoms with van der Waals surface area (Å²) in [6.45, 7) is 11.3. The number of carbonyl (C=O) groups is 1. The van der Waals surface area contributed by atoms with Crippen LogP contribution in [0.15, 0.2) is 12.7 Å². The van der Waals surface area contributed by atoms with Crippen molar-refractivity contribution in [1.82, 2.24) is 0 Å². The van der Waals surface area contributed by atoms with E-state index in [2.05, 4.69) is 6.58 Å². The number of nitrogens with two attached hydrogens (primary N) is 1. The first-order chi connectivity index (χ1) is 6.23. The molecule has 0 aromatic heterocycles. The zero-order valence-corrected chi connectivity index (χ0v) is 9.89. The third-order valence-electron chi connectivity index (χ3n) is 3.12. The third kappa shape index (κ3) is 3.26. The molecule has 0 atom stereocenters. The smallest absolute Gasteiger partial charge is 0.140 e. The molecule has 0 radical (unpaired) electrons. The Morgan fingerprint density at radius 1 is 1.36 bits per heavy atom. The van der Waals surface area contributed by atoms with Crippen LogP contribution < -0.4 is 5.73 Å². The van der Waals surface area contributed by atoms with E-state index in [1.165, 1.54) is 0 Å². The number of Topliss-reactive ketones (excluding diaryl/α,β-unsaturated/α-hetero) is 1. The van der Waals surface area contributed by atoms with E-state index in [0.29, 0.717) is 6.42 Å². The van der Waals surface area contributed by atoms with E-state index in [1.807, 2.05) is 33.8 Å². The minimum Gasteiger partial charge on any atom is -0.325 e. The Balaban J connectivity index is 4.29. The van der Waals surface area contributed by atoms with Crippen LogP contribution in [-0.2, 0) is 4.79 Å². The van der Waals surface area contributed by atoms with Gasteiger partial charge in [-0.15, -0.1) is 6.58 Å². The summed E-state index contributed by atoms with van der Waals surface area (Å²) in [7, 11) is 0. The van der Waals surface area contributed by atoms with Gasteiger partial charge < -0.3 is 5.73 Å². The van der Waals surface area contributed by atoms with E-state index < -0.39 is 11.0 Å².